The number of carbonyl (C=O) groups is 2. The highest BCUT2D eigenvalue weighted by molar-refractivity contribution is 7.14. The van der Waals surface area contributed by atoms with Crippen LogP contribution in [0.4, 0.5) is 5.00 Å². The number of nitrogens with one attached hydrogen (secondary N) is 1. The Labute approximate surface area is 151 Å². The van der Waals surface area contributed by atoms with Gasteiger partial charge in [0.05, 0.1) is 12.1 Å². The lowest BCUT2D eigenvalue weighted by Crippen LogP contribution is -2.39. The van der Waals surface area contributed by atoms with Crippen molar-refractivity contribution in [1.82, 2.24) is 4.90 Å². The van der Waals surface area contributed by atoms with Gasteiger partial charge in [-0.1, -0.05) is 30.3 Å². The third-order valence-corrected chi connectivity index (χ3v) is 5.46. The van der Waals surface area contributed by atoms with E-state index in [0.717, 1.165) is 32.4 Å². The maximum atomic E-state index is 12.2. The third kappa shape index (κ3) is 4.90. The van der Waals surface area contributed by atoms with E-state index in [9.17, 15) is 9.59 Å². The minimum absolute atomic E-state index is 0.0912. The Kier molecular flexibility index (Phi) is 5.83. The minimum Gasteiger partial charge on any atom is -0.366 e. The fraction of sp³-hybridized carbons (Fsp3) is 0.368. The lowest BCUT2D eigenvalue weighted by molar-refractivity contribution is -0.117. The first kappa shape index (κ1) is 17.6. The fourth-order valence-corrected chi connectivity index (χ4v) is 4.07. The predicted molar refractivity (Wildman–Crippen MR) is 101 cm³/mol. The number of likely N-dealkylation sites (tertiary alicyclic amines) is 1. The number of anilines is 1. The Balaban J connectivity index is 1.45. The standard InChI is InChI=1S/C19H23N3O2S/c20-18(24)16-8-11-25-19(16)21-17(23)13-22-9-6-15(7-10-22)12-14-4-2-1-3-5-14/h1-5,8,11,15H,6-7,9-10,12-13H2,(H2,20,24)(H,21,23). The summed E-state index contributed by atoms with van der Waals surface area (Å²) in [6, 6.07) is 12.2. The molecule has 2 heterocycles. The van der Waals surface area contributed by atoms with Gasteiger partial charge < -0.3 is 11.1 Å². The number of nitrogens with two attached hydrogens (primary N) is 1. The summed E-state index contributed by atoms with van der Waals surface area (Å²) in [5.41, 5.74) is 7.06. The zero-order chi connectivity index (χ0) is 17.6. The van der Waals surface area contributed by atoms with Crippen molar-refractivity contribution >= 4 is 28.2 Å². The Bertz CT molecular complexity index is 721. The number of thiophene rings is 1. The predicted octanol–water partition coefficient (Wildman–Crippen LogP) is 2.74. The van der Waals surface area contributed by atoms with E-state index in [1.807, 2.05) is 6.07 Å². The molecule has 25 heavy (non-hydrogen) atoms. The number of nitrogens with zero attached hydrogens (tertiary/aromatic N) is 1. The zero-order valence-electron chi connectivity index (χ0n) is 14.1. The van der Waals surface area contributed by atoms with E-state index in [4.69, 9.17) is 5.73 Å². The van der Waals surface area contributed by atoms with Gasteiger partial charge >= 0.3 is 0 Å². The van der Waals surface area contributed by atoms with Gasteiger partial charge in [-0.15, -0.1) is 11.3 Å². The number of primary amides is 1. The summed E-state index contributed by atoms with van der Waals surface area (Å²) >= 11 is 1.32. The number of piperidine rings is 1. The van der Waals surface area contributed by atoms with Gasteiger partial charge in [-0.05, 0) is 55.3 Å². The molecule has 0 atom stereocenters. The molecule has 5 nitrogen and oxygen atoms in total. The van der Waals surface area contributed by atoms with E-state index < -0.39 is 5.91 Å². The van der Waals surface area contributed by atoms with Crippen LogP contribution < -0.4 is 11.1 Å². The Hall–Kier alpha value is -2.18. The number of hydrogen-bond acceptors (Lipinski definition) is 4. The minimum atomic E-state index is -0.515. The first-order valence-corrected chi connectivity index (χ1v) is 9.43. The normalized spacial score (nSPS) is 15.8. The molecule has 0 bridgehead atoms. The van der Waals surface area contributed by atoms with Crippen molar-refractivity contribution in [3.05, 3.63) is 52.9 Å². The summed E-state index contributed by atoms with van der Waals surface area (Å²) in [5, 5.41) is 5.10. The van der Waals surface area contributed by atoms with Crippen LogP contribution in [0.25, 0.3) is 0 Å². The molecule has 1 saturated heterocycles. The summed E-state index contributed by atoms with van der Waals surface area (Å²) in [5.74, 6) is 0.0743. The molecule has 1 aromatic heterocycles. The van der Waals surface area contributed by atoms with Crippen LogP contribution in [-0.4, -0.2) is 36.3 Å². The molecule has 0 spiro atoms. The third-order valence-electron chi connectivity index (χ3n) is 4.63. The molecule has 3 rings (SSSR count). The van der Waals surface area contributed by atoms with Crippen molar-refractivity contribution in [2.24, 2.45) is 11.7 Å². The summed E-state index contributed by atoms with van der Waals surface area (Å²) in [7, 11) is 0. The summed E-state index contributed by atoms with van der Waals surface area (Å²) in [6.07, 6.45) is 3.32. The Morgan fingerprint density at radius 3 is 2.56 bits per heavy atom. The first-order chi connectivity index (χ1) is 12.1. The van der Waals surface area contributed by atoms with E-state index >= 15 is 0 Å². The summed E-state index contributed by atoms with van der Waals surface area (Å²) in [4.78, 5) is 25.7. The van der Waals surface area contributed by atoms with Gasteiger partial charge in [0, 0.05) is 0 Å². The van der Waals surface area contributed by atoms with Crippen LogP contribution in [0.2, 0.25) is 0 Å². The molecule has 0 saturated carbocycles. The van der Waals surface area contributed by atoms with Crippen LogP contribution in [0.5, 0.6) is 0 Å². The SMILES string of the molecule is NC(=O)c1ccsc1NC(=O)CN1CCC(Cc2ccccc2)CC1. The van der Waals surface area contributed by atoms with Crippen molar-refractivity contribution in [2.45, 2.75) is 19.3 Å². The van der Waals surface area contributed by atoms with E-state index in [0.29, 0.717) is 23.0 Å². The fourth-order valence-electron chi connectivity index (χ4n) is 3.27. The van der Waals surface area contributed by atoms with Crippen LogP contribution in [0.3, 0.4) is 0 Å². The molecule has 1 aliphatic heterocycles. The van der Waals surface area contributed by atoms with Crippen LogP contribution in [-0.2, 0) is 11.2 Å². The quantitative estimate of drug-likeness (QED) is 0.835. The highest BCUT2D eigenvalue weighted by atomic mass is 32.1. The molecule has 0 aliphatic carbocycles. The van der Waals surface area contributed by atoms with Crippen LogP contribution in [0.15, 0.2) is 41.8 Å². The molecule has 6 heteroatoms. The molecule has 2 aromatic rings. The van der Waals surface area contributed by atoms with Crippen molar-refractivity contribution < 1.29 is 9.59 Å². The average Bonchev–Trinajstić information content (AvgIpc) is 3.06. The average molecular weight is 357 g/mol. The lowest BCUT2D eigenvalue weighted by atomic mass is 9.90. The van der Waals surface area contributed by atoms with E-state index in [1.165, 1.54) is 16.9 Å². The molecule has 3 N–H and O–H groups in total. The number of rotatable bonds is 6. The molecule has 1 aliphatic rings. The number of benzene rings is 1. The molecular weight excluding hydrogens is 334 g/mol. The topological polar surface area (TPSA) is 75.4 Å². The monoisotopic (exact) mass is 357 g/mol. The van der Waals surface area contributed by atoms with Crippen molar-refractivity contribution in [2.75, 3.05) is 25.0 Å². The van der Waals surface area contributed by atoms with Gasteiger partial charge in [0.1, 0.15) is 5.00 Å². The maximum absolute atomic E-state index is 12.2. The van der Waals surface area contributed by atoms with E-state index in [-0.39, 0.29) is 5.91 Å². The van der Waals surface area contributed by atoms with Crippen molar-refractivity contribution in [3.8, 4) is 0 Å². The molecule has 132 valence electrons. The Morgan fingerprint density at radius 2 is 1.88 bits per heavy atom. The zero-order valence-corrected chi connectivity index (χ0v) is 14.9. The van der Waals surface area contributed by atoms with E-state index in [2.05, 4.69) is 34.5 Å². The summed E-state index contributed by atoms with van der Waals surface area (Å²) in [6.45, 7) is 2.21. The van der Waals surface area contributed by atoms with Gasteiger partial charge in [0.15, 0.2) is 0 Å². The second-order valence-electron chi connectivity index (χ2n) is 6.49. The second kappa shape index (κ2) is 8.27. The highest BCUT2D eigenvalue weighted by Gasteiger charge is 2.21. The van der Waals surface area contributed by atoms with Crippen LogP contribution >= 0.6 is 11.3 Å². The van der Waals surface area contributed by atoms with Gasteiger partial charge in [-0.2, -0.15) is 0 Å². The lowest BCUT2D eigenvalue weighted by Gasteiger charge is -2.31. The van der Waals surface area contributed by atoms with Gasteiger partial charge in [0.25, 0.3) is 5.91 Å². The molecule has 0 unspecified atom stereocenters. The van der Waals surface area contributed by atoms with Gasteiger partial charge in [-0.25, -0.2) is 0 Å². The second-order valence-corrected chi connectivity index (χ2v) is 7.40. The smallest absolute Gasteiger partial charge is 0.251 e. The summed E-state index contributed by atoms with van der Waals surface area (Å²) < 4.78 is 0. The molecule has 1 aromatic carbocycles. The highest BCUT2D eigenvalue weighted by Crippen LogP contribution is 2.24. The van der Waals surface area contributed by atoms with Gasteiger partial charge in [0.2, 0.25) is 5.91 Å². The van der Waals surface area contributed by atoms with Crippen molar-refractivity contribution in [1.29, 1.82) is 0 Å². The van der Waals surface area contributed by atoms with Crippen LogP contribution in [0.1, 0.15) is 28.8 Å². The molecule has 2 amide bonds. The van der Waals surface area contributed by atoms with Gasteiger partial charge in [-0.3, -0.25) is 14.5 Å². The van der Waals surface area contributed by atoms with Crippen molar-refractivity contribution in [3.63, 3.8) is 0 Å². The molecular formula is C19H23N3O2S. The Morgan fingerprint density at radius 1 is 1.16 bits per heavy atom. The maximum Gasteiger partial charge on any atom is 0.251 e. The first-order valence-electron chi connectivity index (χ1n) is 8.55. The van der Waals surface area contributed by atoms with Crippen LogP contribution in [0, 0.1) is 5.92 Å². The van der Waals surface area contributed by atoms with E-state index in [1.54, 1.807) is 11.4 Å². The molecule has 1 fully saturated rings. The number of amides is 2. The number of hydrogen-bond donors (Lipinski definition) is 2. The number of carbonyl (C=O) groups excluding carboxylic acids is 2. The largest absolute Gasteiger partial charge is 0.366 e. The molecule has 0 radical (unpaired) electrons.